The lowest BCUT2D eigenvalue weighted by Gasteiger charge is -2.00. The molecule has 3 heterocycles. The summed E-state index contributed by atoms with van der Waals surface area (Å²) in [4.78, 5) is 14.3. The van der Waals surface area contributed by atoms with E-state index in [1.165, 1.54) is 4.88 Å². The molecule has 3 aromatic heterocycles. The molecule has 120 valence electrons. The zero-order valence-electron chi connectivity index (χ0n) is 13.5. The maximum absolute atomic E-state index is 4.40. The van der Waals surface area contributed by atoms with Gasteiger partial charge in [-0.2, -0.15) is 5.10 Å². The fourth-order valence-corrected chi connectivity index (χ4v) is 3.73. The number of benzene rings is 1. The highest BCUT2D eigenvalue weighted by Crippen LogP contribution is 2.28. The Morgan fingerprint density at radius 2 is 2.12 bits per heavy atom. The van der Waals surface area contributed by atoms with E-state index < -0.39 is 0 Å². The highest BCUT2D eigenvalue weighted by Gasteiger charge is 2.08. The van der Waals surface area contributed by atoms with E-state index in [0.717, 1.165) is 44.6 Å². The molecule has 5 nitrogen and oxygen atoms in total. The molecule has 6 heteroatoms. The van der Waals surface area contributed by atoms with E-state index in [1.54, 1.807) is 17.7 Å². The van der Waals surface area contributed by atoms with Crippen LogP contribution in [0.4, 0.5) is 5.82 Å². The van der Waals surface area contributed by atoms with Crippen LogP contribution >= 0.6 is 11.3 Å². The summed E-state index contributed by atoms with van der Waals surface area (Å²) in [6.45, 7) is 4.19. The van der Waals surface area contributed by atoms with Gasteiger partial charge in [-0.1, -0.05) is 25.1 Å². The standard InChI is InChI=1S/C18H17N5S/c1-3-12-8-14-17(19-10-20-18(14)24-12)23-21-9-15-11(2)22-16-7-5-4-6-13(15)16/h4-10,22H,3H2,1-2H3,(H,19,20,23). The Hall–Kier alpha value is -2.73. The lowest BCUT2D eigenvalue weighted by atomic mass is 10.1. The second kappa shape index (κ2) is 6.05. The van der Waals surface area contributed by atoms with Crippen molar-refractivity contribution in [3.05, 3.63) is 52.8 Å². The van der Waals surface area contributed by atoms with E-state index in [0.29, 0.717) is 0 Å². The molecule has 4 aromatic rings. The molecule has 0 spiro atoms. The molecule has 0 unspecified atom stereocenters. The van der Waals surface area contributed by atoms with Gasteiger partial charge in [-0.15, -0.1) is 11.3 Å². The Morgan fingerprint density at radius 1 is 1.25 bits per heavy atom. The third kappa shape index (κ3) is 2.55. The van der Waals surface area contributed by atoms with Gasteiger partial charge in [-0.25, -0.2) is 9.97 Å². The molecule has 0 fully saturated rings. The molecule has 0 bridgehead atoms. The monoisotopic (exact) mass is 335 g/mol. The number of nitrogens with zero attached hydrogens (tertiary/aromatic N) is 3. The van der Waals surface area contributed by atoms with Crippen molar-refractivity contribution in [3.63, 3.8) is 0 Å². The highest BCUT2D eigenvalue weighted by molar-refractivity contribution is 7.18. The van der Waals surface area contributed by atoms with Crippen molar-refractivity contribution < 1.29 is 0 Å². The molecule has 0 saturated carbocycles. The normalized spacial score (nSPS) is 11.8. The van der Waals surface area contributed by atoms with Gasteiger partial charge in [0, 0.05) is 27.0 Å². The fourth-order valence-electron chi connectivity index (χ4n) is 2.79. The largest absolute Gasteiger partial charge is 0.358 e. The smallest absolute Gasteiger partial charge is 0.158 e. The van der Waals surface area contributed by atoms with E-state index in [-0.39, 0.29) is 0 Å². The first kappa shape index (κ1) is 14.8. The first-order chi connectivity index (χ1) is 11.8. The first-order valence-electron chi connectivity index (χ1n) is 7.86. The second-order valence-electron chi connectivity index (χ2n) is 5.59. The molecule has 0 atom stereocenters. The third-order valence-electron chi connectivity index (χ3n) is 4.04. The van der Waals surface area contributed by atoms with Crippen molar-refractivity contribution in [1.29, 1.82) is 0 Å². The summed E-state index contributed by atoms with van der Waals surface area (Å²) in [6, 6.07) is 10.4. The SMILES string of the molecule is CCc1cc2c(NN=Cc3c(C)[nH]c4ccccc34)ncnc2s1. The van der Waals surface area contributed by atoms with Crippen LogP contribution in [-0.4, -0.2) is 21.2 Å². The van der Waals surface area contributed by atoms with Crippen LogP contribution in [-0.2, 0) is 6.42 Å². The predicted molar refractivity (Wildman–Crippen MR) is 101 cm³/mol. The first-order valence-corrected chi connectivity index (χ1v) is 8.67. The van der Waals surface area contributed by atoms with Crippen molar-refractivity contribution in [2.75, 3.05) is 5.43 Å². The Balaban J connectivity index is 1.66. The number of anilines is 1. The maximum Gasteiger partial charge on any atom is 0.158 e. The van der Waals surface area contributed by atoms with E-state index in [4.69, 9.17) is 0 Å². The summed E-state index contributed by atoms with van der Waals surface area (Å²) in [5.74, 6) is 0.740. The number of hydrogen-bond donors (Lipinski definition) is 2. The van der Waals surface area contributed by atoms with Crippen LogP contribution in [0.5, 0.6) is 0 Å². The average molecular weight is 335 g/mol. The van der Waals surface area contributed by atoms with Crippen molar-refractivity contribution in [3.8, 4) is 0 Å². The number of aromatic amines is 1. The van der Waals surface area contributed by atoms with Gasteiger partial charge >= 0.3 is 0 Å². The topological polar surface area (TPSA) is 66.0 Å². The lowest BCUT2D eigenvalue weighted by molar-refractivity contribution is 1.18. The number of nitrogens with one attached hydrogen (secondary N) is 2. The van der Waals surface area contributed by atoms with Gasteiger partial charge in [0.1, 0.15) is 11.2 Å². The zero-order valence-corrected chi connectivity index (χ0v) is 14.3. The number of H-pyrrole nitrogens is 1. The Kier molecular flexibility index (Phi) is 3.74. The van der Waals surface area contributed by atoms with Crippen LogP contribution in [0.3, 0.4) is 0 Å². The van der Waals surface area contributed by atoms with Crippen molar-refractivity contribution in [2.45, 2.75) is 20.3 Å². The van der Waals surface area contributed by atoms with Gasteiger partial charge in [-0.05, 0) is 25.5 Å². The fraction of sp³-hybridized carbons (Fsp3) is 0.167. The molecule has 0 amide bonds. The summed E-state index contributed by atoms with van der Waals surface area (Å²) in [5.41, 5.74) is 6.37. The van der Waals surface area contributed by atoms with Crippen LogP contribution in [0.1, 0.15) is 23.1 Å². The lowest BCUT2D eigenvalue weighted by Crippen LogP contribution is -1.95. The third-order valence-corrected chi connectivity index (χ3v) is 5.22. The maximum atomic E-state index is 4.40. The molecule has 2 N–H and O–H groups in total. The van der Waals surface area contributed by atoms with E-state index in [2.05, 4.69) is 57.5 Å². The van der Waals surface area contributed by atoms with Crippen LogP contribution < -0.4 is 5.43 Å². The van der Waals surface area contributed by atoms with Gasteiger partial charge in [0.05, 0.1) is 11.6 Å². The van der Waals surface area contributed by atoms with Crippen LogP contribution in [0.15, 0.2) is 41.8 Å². The summed E-state index contributed by atoms with van der Waals surface area (Å²) >= 11 is 1.70. The van der Waals surface area contributed by atoms with Crippen molar-refractivity contribution in [1.82, 2.24) is 15.0 Å². The quantitative estimate of drug-likeness (QED) is 0.426. The Labute approximate surface area is 143 Å². The van der Waals surface area contributed by atoms with Crippen molar-refractivity contribution in [2.24, 2.45) is 5.10 Å². The molecule has 0 radical (unpaired) electrons. The summed E-state index contributed by atoms with van der Waals surface area (Å²) < 4.78 is 0. The van der Waals surface area contributed by atoms with Gasteiger partial charge in [0.2, 0.25) is 0 Å². The van der Waals surface area contributed by atoms with Gasteiger partial charge in [0.15, 0.2) is 5.82 Å². The summed E-state index contributed by atoms with van der Waals surface area (Å²) in [7, 11) is 0. The molecule has 0 aliphatic rings. The second-order valence-corrected chi connectivity index (χ2v) is 6.70. The Morgan fingerprint density at radius 3 is 3.00 bits per heavy atom. The van der Waals surface area contributed by atoms with Gasteiger partial charge in [-0.3, -0.25) is 5.43 Å². The number of fused-ring (bicyclic) bond motifs is 2. The molecule has 0 saturated heterocycles. The minimum atomic E-state index is 0.740. The molecular weight excluding hydrogens is 318 g/mol. The molecule has 4 rings (SSSR count). The number of rotatable bonds is 4. The number of aryl methyl sites for hydroxylation is 2. The molecule has 0 aliphatic heterocycles. The highest BCUT2D eigenvalue weighted by atomic mass is 32.1. The van der Waals surface area contributed by atoms with E-state index in [1.807, 2.05) is 18.3 Å². The number of para-hydroxylation sites is 1. The number of thiophene rings is 1. The summed E-state index contributed by atoms with van der Waals surface area (Å²) in [5, 5.41) is 6.58. The molecule has 0 aliphatic carbocycles. The van der Waals surface area contributed by atoms with Crippen molar-refractivity contribution >= 4 is 44.5 Å². The Bertz CT molecular complexity index is 1040. The number of hydrazone groups is 1. The van der Waals surface area contributed by atoms with E-state index >= 15 is 0 Å². The van der Waals surface area contributed by atoms with E-state index in [9.17, 15) is 0 Å². The van der Waals surface area contributed by atoms with Crippen LogP contribution in [0, 0.1) is 6.92 Å². The zero-order chi connectivity index (χ0) is 16.5. The molecule has 1 aromatic carbocycles. The average Bonchev–Trinajstić information content (AvgIpc) is 3.16. The number of aromatic nitrogens is 3. The molecule has 24 heavy (non-hydrogen) atoms. The molecular formula is C18H17N5S. The minimum Gasteiger partial charge on any atom is -0.358 e. The predicted octanol–water partition coefficient (Wildman–Crippen LogP) is 4.49. The van der Waals surface area contributed by atoms with Crippen LogP contribution in [0.2, 0.25) is 0 Å². The minimum absolute atomic E-state index is 0.740. The number of hydrogen-bond acceptors (Lipinski definition) is 5. The van der Waals surface area contributed by atoms with Gasteiger partial charge in [0.25, 0.3) is 0 Å². The van der Waals surface area contributed by atoms with Gasteiger partial charge < -0.3 is 4.98 Å². The summed E-state index contributed by atoms with van der Waals surface area (Å²) in [6.07, 6.45) is 4.42. The van der Waals surface area contributed by atoms with Crippen LogP contribution in [0.25, 0.3) is 21.1 Å².